The molecule has 0 atom stereocenters. The van der Waals surface area contributed by atoms with Gasteiger partial charge >= 0.3 is 0 Å². The molecule has 5 nitrogen and oxygen atoms in total. The minimum Gasteiger partial charge on any atom is -0.356 e. The molecule has 0 aliphatic carbocycles. The maximum Gasteiger partial charge on any atom is 0.243 e. The highest BCUT2D eigenvalue weighted by molar-refractivity contribution is 7.89. The molecular formula is C17H26N2O3S. The predicted octanol–water partition coefficient (Wildman–Crippen LogP) is 2.15. The first-order valence-corrected chi connectivity index (χ1v) is 9.57. The van der Waals surface area contributed by atoms with E-state index in [-0.39, 0.29) is 11.8 Å². The molecular weight excluding hydrogens is 312 g/mol. The lowest BCUT2D eigenvalue weighted by Gasteiger charge is -2.31. The third-order valence-electron chi connectivity index (χ3n) is 4.38. The van der Waals surface area contributed by atoms with Crippen molar-refractivity contribution >= 4 is 15.9 Å². The van der Waals surface area contributed by atoms with Crippen LogP contribution in [0.25, 0.3) is 0 Å². The standard InChI is InChI=1S/C17H26N2O3S/c1-5-18-17(20)15-6-8-19(9-7-15)23(21,22)16-13(3)10-12(2)11-14(16)4/h10-11,15H,5-9H2,1-4H3,(H,18,20). The van der Waals surface area contributed by atoms with Gasteiger partial charge < -0.3 is 5.32 Å². The Balaban J connectivity index is 2.19. The van der Waals surface area contributed by atoms with Crippen LogP contribution in [0.4, 0.5) is 0 Å². The molecule has 0 spiro atoms. The number of nitrogens with zero attached hydrogens (tertiary/aromatic N) is 1. The van der Waals surface area contributed by atoms with Crippen LogP contribution in [0.5, 0.6) is 0 Å². The molecule has 1 heterocycles. The van der Waals surface area contributed by atoms with Gasteiger partial charge in [0, 0.05) is 25.6 Å². The van der Waals surface area contributed by atoms with Gasteiger partial charge in [0.15, 0.2) is 0 Å². The van der Waals surface area contributed by atoms with Gasteiger partial charge in [-0.25, -0.2) is 8.42 Å². The van der Waals surface area contributed by atoms with Crippen LogP contribution in [-0.4, -0.2) is 38.3 Å². The van der Waals surface area contributed by atoms with Crippen LogP contribution in [0.15, 0.2) is 17.0 Å². The summed E-state index contributed by atoms with van der Waals surface area (Å²) in [4.78, 5) is 12.3. The summed E-state index contributed by atoms with van der Waals surface area (Å²) in [6.07, 6.45) is 1.16. The Kier molecular flexibility index (Phi) is 5.47. The molecule has 1 N–H and O–H groups in total. The molecule has 1 aliphatic rings. The summed E-state index contributed by atoms with van der Waals surface area (Å²) in [6, 6.07) is 3.81. The Morgan fingerprint density at radius 3 is 2.17 bits per heavy atom. The normalized spacial score (nSPS) is 17.2. The molecule has 0 aromatic heterocycles. The SMILES string of the molecule is CCNC(=O)C1CCN(S(=O)(=O)c2c(C)cc(C)cc2C)CC1. The highest BCUT2D eigenvalue weighted by Gasteiger charge is 2.33. The van der Waals surface area contributed by atoms with Crippen molar-refractivity contribution in [3.05, 3.63) is 28.8 Å². The molecule has 2 rings (SSSR count). The molecule has 0 radical (unpaired) electrons. The molecule has 1 aromatic rings. The fourth-order valence-corrected chi connectivity index (χ4v) is 5.26. The smallest absolute Gasteiger partial charge is 0.243 e. The van der Waals surface area contributed by atoms with Crippen LogP contribution in [0.3, 0.4) is 0 Å². The van der Waals surface area contributed by atoms with Crippen molar-refractivity contribution in [2.45, 2.75) is 45.4 Å². The van der Waals surface area contributed by atoms with Crippen molar-refractivity contribution in [3.8, 4) is 0 Å². The van der Waals surface area contributed by atoms with Crippen molar-refractivity contribution in [1.82, 2.24) is 9.62 Å². The van der Waals surface area contributed by atoms with Gasteiger partial charge in [0.25, 0.3) is 0 Å². The van der Waals surface area contributed by atoms with Crippen LogP contribution < -0.4 is 5.32 Å². The molecule has 23 heavy (non-hydrogen) atoms. The average molecular weight is 338 g/mol. The van der Waals surface area contributed by atoms with Crippen molar-refractivity contribution < 1.29 is 13.2 Å². The minimum atomic E-state index is -3.50. The van der Waals surface area contributed by atoms with E-state index in [1.807, 2.05) is 39.8 Å². The lowest BCUT2D eigenvalue weighted by molar-refractivity contribution is -0.126. The Morgan fingerprint density at radius 2 is 1.70 bits per heavy atom. The van der Waals surface area contributed by atoms with E-state index in [0.717, 1.165) is 16.7 Å². The number of benzene rings is 1. The van der Waals surface area contributed by atoms with E-state index in [4.69, 9.17) is 0 Å². The summed E-state index contributed by atoms with van der Waals surface area (Å²) in [5.74, 6) is -0.0474. The van der Waals surface area contributed by atoms with Crippen LogP contribution in [0.1, 0.15) is 36.5 Å². The predicted molar refractivity (Wildman–Crippen MR) is 90.8 cm³/mol. The first kappa shape index (κ1) is 17.9. The number of hydrogen-bond donors (Lipinski definition) is 1. The Bertz CT molecular complexity index is 667. The largest absolute Gasteiger partial charge is 0.356 e. The second-order valence-electron chi connectivity index (χ2n) is 6.30. The zero-order chi connectivity index (χ0) is 17.2. The highest BCUT2D eigenvalue weighted by Crippen LogP contribution is 2.28. The van der Waals surface area contributed by atoms with Gasteiger partial charge in [0.2, 0.25) is 15.9 Å². The Morgan fingerprint density at radius 1 is 1.17 bits per heavy atom. The van der Waals surface area contributed by atoms with E-state index in [0.29, 0.717) is 37.4 Å². The van der Waals surface area contributed by atoms with Crippen LogP contribution in [0, 0.1) is 26.7 Å². The van der Waals surface area contributed by atoms with E-state index in [9.17, 15) is 13.2 Å². The molecule has 1 saturated heterocycles. The zero-order valence-electron chi connectivity index (χ0n) is 14.3. The van der Waals surface area contributed by atoms with Crippen molar-refractivity contribution in [2.24, 2.45) is 5.92 Å². The van der Waals surface area contributed by atoms with E-state index >= 15 is 0 Å². The summed E-state index contributed by atoms with van der Waals surface area (Å²) in [7, 11) is -3.50. The van der Waals surface area contributed by atoms with Gasteiger partial charge in [0.1, 0.15) is 0 Å². The van der Waals surface area contributed by atoms with E-state index in [1.165, 1.54) is 4.31 Å². The number of hydrogen-bond acceptors (Lipinski definition) is 3. The zero-order valence-corrected chi connectivity index (χ0v) is 15.2. The number of nitrogens with one attached hydrogen (secondary N) is 1. The third-order valence-corrected chi connectivity index (χ3v) is 6.58. The maximum atomic E-state index is 13.0. The fourth-order valence-electron chi connectivity index (χ4n) is 3.38. The van der Waals surface area contributed by atoms with Crippen molar-refractivity contribution in [2.75, 3.05) is 19.6 Å². The number of aryl methyl sites for hydroxylation is 3. The molecule has 1 fully saturated rings. The number of carbonyl (C=O) groups is 1. The van der Waals surface area contributed by atoms with Gasteiger partial charge in [-0.15, -0.1) is 0 Å². The minimum absolute atomic E-state index is 0.0345. The molecule has 0 unspecified atom stereocenters. The first-order chi connectivity index (χ1) is 10.8. The quantitative estimate of drug-likeness (QED) is 0.915. The molecule has 0 saturated carbocycles. The van der Waals surface area contributed by atoms with Gasteiger partial charge in [-0.05, 0) is 51.7 Å². The number of sulfonamides is 1. The van der Waals surface area contributed by atoms with Gasteiger partial charge in [-0.2, -0.15) is 4.31 Å². The van der Waals surface area contributed by atoms with Gasteiger partial charge in [-0.1, -0.05) is 17.7 Å². The third kappa shape index (κ3) is 3.75. The van der Waals surface area contributed by atoms with Crippen LogP contribution in [0.2, 0.25) is 0 Å². The van der Waals surface area contributed by atoms with Crippen molar-refractivity contribution in [1.29, 1.82) is 0 Å². The molecule has 6 heteroatoms. The molecule has 1 aromatic carbocycles. The number of amides is 1. The Hall–Kier alpha value is -1.40. The Labute approximate surface area is 139 Å². The molecule has 0 bridgehead atoms. The second kappa shape index (κ2) is 7.01. The van der Waals surface area contributed by atoms with Crippen molar-refractivity contribution in [3.63, 3.8) is 0 Å². The lowest BCUT2D eigenvalue weighted by Crippen LogP contribution is -2.43. The number of rotatable bonds is 4. The summed E-state index contributed by atoms with van der Waals surface area (Å²) < 4.78 is 27.5. The molecule has 1 amide bonds. The average Bonchev–Trinajstić information content (AvgIpc) is 2.46. The number of piperidine rings is 1. The second-order valence-corrected chi connectivity index (χ2v) is 8.18. The fraction of sp³-hybridized carbons (Fsp3) is 0.588. The molecule has 1 aliphatic heterocycles. The van der Waals surface area contributed by atoms with E-state index in [2.05, 4.69) is 5.32 Å². The monoisotopic (exact) mass is 338 g/mol. The van der Waals surface area contributed by atoms with Crippen LogP contribution in [-0.2, 0) is 14.8 Å². The highest BCUT2D eigenvalue weighted by atomic mass is 32.2. The van der Waals surface area contributed by atoms with Gasteiger partial charge in [-0.3, -0.25) is 4.79 Å². The van der Waals surface area contributed by atoms with E-state index in [1.54, 1.807) is 0 Å². The summed E-state index contributed by atoms with van der Waals surface area (Å²) >= 11 is 0. The van der Waals surface area contributed by atoms with Gasteiger partial charge in [0.05, 0.1) is 4.90 Å². The summed E-state index contributed by atoms with van der Waals surface area (Å²) in [5, 5.41) is 2.82. The maximum absolute atomic E-state index is 13.0. The molecule has 128 valence electrons. The number of carbonyl (C=O) groups excluding carboxylic acids is 1. The first-order valence-electron chi connectivity index (χ1n) is 8.13. The van der Waals surface area contributed by atoms with E-state index < -0.39 is 10.0 Å². The lowest BCUT2D eigenvalue weighted by atomic mass is 9.97. The topological polar surface area (TPSA) is 66.5 Å². The van der Waals surface area contributed by atoms with Crippen LogP contribution >= 0.6 is 0 Å². The summed E-state index contributed by atoms with van der Waals surface area (Å²) in [5.41, 5.74) is 2.63. The summed E-state index contributed by atoms with van der Waals surface area (Å²) in [6.45, 7) is 8.95.